The number of nitrogens with one attached hydrogen (secondary N) is 2. The lowest BCUT2D eigenvalue weighted by Gasteiger charge is -2.38. The summed E-state index contributed by atoms with van der Waals surface area (Å²) in [5, 5.41) is 5.58. The Hall–Kier alpha value is -3.88. The predicted molar refractivity (Wildman–Crippen MR) is 150 cm³/mol. The zero-order valence-corrected chi connectivity index (χ0v) is 23.8. The molecule has 0 aromatic heterocycles. The molecule has 2 rings (SSSR count). The SMILES string of the molecule is CCC(C)N(C(=O)C(CCC(N)=O)NC(=O)OC(C)(C)C)C(C(=O)NCc1ccccc1)c1cccc(C)c1. The maximum atomic E-state index is 14.2. The van der Waals surface area contributed by atoms with Gasteiger partial charge in [-0.1, -0.05) is 67.1 Å². The topological polar surface area (TPSA) is 131 Å². The molecule has 0 saturated heterocycles. The maximum absolute atomic E-state index is 14.2. The minimum Gasteiger partial charge on any atom is -0.444 e. The van der Waals surface area contributed by atoms with Crippen LogP contribution in [0.2, 0.25) is 0 Å². The number of hydrogen-bond donors (Lipinski definition) is 3. The minimum absolute atomic E-state index is 0.0352. The molecule has 0 aliphatic rings. The fourth-order valence-electron chi connectivity index (χ4n) is 4.13. The monoisotopic (exact) mass is 538 g/mol. The number of amides is 4. The molecule has 0 bridgehead atoms. The van der Waals surface area contributed by atoms with Crippen molar-refractivity contribution in [1.29, 1.82) is 0 Å². The van der Waals surface area contributed by atoms with Crippen LogP contribution in [0.1, 0.15) is 76.6 Å². The van der Waals surface area contributed by atoms with Gasteiger partial charge < -0.3 is 26.0 Å². The Morgan fingerprint density at radius 2 is 1.69 bits per heavy atom. The molecular formula is C30H42N4O5. The average Bonchev–Trinajstić information content (AvgIpc) is 2.86. The highest BCUT2D eigenvalue weighted by Gasteiger charge is 2.38. The second kappa shape index (κ2) is 14.3. The number of benzene rings is 2. The number of aryl methyl sites for hydroxylation is 1. The normalized spacial score (nSPS) is 13.5. The highest BCUT2D eigenvalue weighted by Crippen LogP contribution is 2.27. The fourth-order valence-corrected chi connectivity index (χ4v) is 4.13. The van der Waals surface area contributed by atoms with E-state index in [-0.39, 0.29) is 31.3 Å². The minimum atomic E-state index is -1.13. The van der Waals surface area contributed by atoms with Gasteiger partial charge in [-0.3, -0.25) is 14.4 Å². The van der Waals surface area contributed by atoms with Gasteiger partial charge in [-0.05, 0) is 58.6 Å². The number of ether oxygens (including phenoxy) is 1. The number of primary amides is 1. The Kier molecular flexibility index (Phi) is 11.5. The molecule has 4 amide bonds. The van der Waals surface area contributed by atoms with E-state index >= 15 is 0 Å². The zero-order chi connectivity index (χ0) is 29.2. The number of carbonyl (C=O) groups excluding carboxylic acids is 4. The fraction of sp³-hybridized carbons (Fsp3) is 0.467. The quantitative estimate of drug-likeness (QED) is 0.374. The van der Waals surface area contributed by atoms with E-state index in [9.17, 15) is 19.2 Å². The Morgan fingerprint density at radius 1 is 1.03 bits per heavy atom. The summed E-state index contributed by atoms with van der Waals surface area (Å²) >= 11 is 0. The first kappa shape index (κ1) is 31.3. The molecule has 212 valence electrons. The molecule has 9 heteroatoms. The van der Waals surface area contributed by atoms with Crippen LogP contribution in [0.4, 0.5) is 4.79 Å². The van der Waals surface area contributed by atoms with Crippen LogP contribution in [-0.2, 0) is 25.7 Å². The highest BCUT2D eigenvalue weighted by molar-refractivity contribution is 5.92. The van der Waals surface area contributed by atoms with Crippen molar-refractivity contribution in [2.45, 2.75) is 91.1 Å². The number of hydrogen-bond acceptors (Lipinski definition) is 5. The molecule has 0 spiro atoms. The first-order valence-corrected chi connectivity index (χ1v) is 13.3. The van der Waals surface area contributed by atoms with E-state index in [1.807, 2.05) is 75.4 Å². The molecule has 3 unspecified atom stereocenters. The summed E-state index contributed by atoms with van der Waals surface area (Å²) in [6.45, 7) is 11.1. The molecule has 4 N–H and O–H groups in total. The predicted octanol–water partition coefficient (Wildman–Crippen LogP) is 4.14. The maximum Gasteiger partial charge on any atom is 0.408 e. The van der Waals surface area contributed by atoms with Crippen molar-refractivity contribution >= 4 is 23.8 Å². The number of nitrogens with zero attached hydrogens (tertiary/aromatic N) is 1. The Balaban J connectivity index is 2.50. The molecular weight excluding hydrogens is 496 g/mol. The summed E-state index contributed by atoms with van der Waals surface area (Å²) in [5.41, 5.74) is 7.07. The van der Waals surface area contributed by atoms with E-state index in [2.05, 4.69) is 10.6 Å². The van der Waals surface area contributed by atoms with E-state index in [4.69, 9.17) is 10.5 Å². The van der Waals surface area contributed by atoms with Crippen LogP contribution >= 0.6 is 0 Å². The summed E-state index contributed by atoms with van der Waals surface area (Å²) < 4.78 is 5.37. The number of alkyl carbamates (subject to hydrolysis) is 1. The van der Waals surface area contributed by atoms with Crippen LogP contribution in [0.5, 0.6) is 0 Å². The smallest absolute Gasteiger partial charge is 0.408 e. The Labute approximate surface area is 231 Å². The van der Waals surface area contributed by atoms with E-state index in [1.54, 1.807) is 20.8 Å². The van der Waals surface area contributed by atoms with Crippen molar-refractivity contribution in [3.05, 3.63) is 71.3 Å². The van der Waals surface area contributed by atoms with Gasteiger partial charge in [0.2, 0.25) is 17.7 Å². The molecule has 0 fully saturated rings. The molecule has 2 aromatic rings. The van der Waals surface area contributed by atoms with Gasteiger partial charge in [0.05, 0.1) is 0 Å². The summed E-state index contributed by atoms with van der Waals surface area (Å²) in [7, 11) is 0. The Morgan fingerprint density at radius 3 is 2.26 bits per heavy atom. The molecule has 0 radical (unpaired) electrons. The van der Waals surface area contributed by atoms with Crippen molar-refractivity contribution in [3.63, 3.8) is 0 Å². The number of rotatable bonds is 12. The van der Waals surface area contributed by atoms with Crippen LogP contribution in [0.3, 0.4) is 0 Å². The van der Waals surface area contributed by atoms with E-state index in [1.165, 1.54) is 4.90 Å². The molecule has 39 heavy (non-hydrogen) atoms. The molecule has 2 aromatic carbocycles. The van der Waals surface area contributed by atoms with Gasteiger partial charge >= 0.3 is 6.09 Å². The summed E-state index contributed by atoms with van der Waals surface area (Å²) in [4.78, 5) is 53.7. The highest BCUT2D eigenvalue weighted by atomic mass is 16.6. The molecule has 0 heterocycles. The standard InChI is InChI=1S/C30H42N4O5/c1-7-21(3)34(28(37)24(16-17-25(31)35)33-29(38)39-30(4,5)6)26(23-15-11-12-20(2)18-23)27(36)32-19-22-13-9-8-10-14-22/h8-15,18,21,24,26H,7,16-17,19H2,1-6H3,(H2,31,35)(H,32,36)(H,33,38). The van der Waals surface area contributed by atoms with Gasteiger partial charge in [-0.25, -0.2) is 4.79 Å². The van der Waals surface area contributed by atoms with Crippen LogP contribution in [-0.4, -0.2) is 46.4 Å². The van der Waals surface area contributed by atoms with Crippen molar-refractivity contribution in [1.82, 2.24) is 15.5 Å². The lowest BCUT2D eigenvalue weighted by atomic mass is 9.97. The lowest BCUT2D eigenvalue weighted by Crippen LogP contribution is -2.55. The summed E-state index contributed by atoms with van der Waals surface area (Å²) in [6, 6.07) is 14.4. The van der Waals surface area contributed by atoms with E-state index in [0.717, 1.165) is 11.1 Å². The van der Waals surface area contributed by atoms with Crippen molar-refractivity contribution in [2.75, 3.05) is 0 Å². The largest absolute Gasteiger partial charge is 0.444 e. The van der Waals surface area contributed by atoms with Crippen molar-refractivity contribution in [3.8, 4) is 0 Å². The van der Waals surface area contributed by atoms with Gasteiger partial charge in [0.15, 0.2) is 0 Å². The molecule has 0 aliphatic heterocycles. The van der Waals surface area contributed by atoms with Gasteiger partial charge in [0.1, 0.15) is 17.7 Å². The number of nitrogens with two attached hydrogens (primary N) is 1. The second-order valence-electron chi connectivity index (χ2n) is 10.7. The number of carbonyl (C=O) groups is 4. The molecule has 9 nitrogen and oxygen atoms in total. The summed E-state index contributed by atoms with van der Waals surface area (Å²) in [5.74, 6) is -1.47. The van der Waals surface area contributed by atoms with E-state index in [0.29, 0.717) is 12.0 Å². The lowest BCUT2D eigenvalue weighted by molar-refractivity contribution is -0.145. The average molecular weight is 539 g/mol. The third-order valence-corrected chi connectivity index (χ3v) is 6.18. The van der Waals surface area contributed by atoms with E-state index < -0.39 is 35.6 Å². The first-order valence-electron chi connectivity index (χ1n) is 13.3. The van der Waals surface area contributed by atoms with Gasteiger partial charge in [0.25, 0.3) is 0 Å². The van der Waals surface area contributed by atoms with Crippen LogP contribution in [0.25, 0.3) is 0 Å². The van der Waals surface area contributed by atoms with Crippen LogP contribution in [0, 0.1) is 6.92 Å². The third-order valence-electron chi connectivity index (χ3n) is 6.18. The van der Waals surface area contributed by atoms with Crippen molar-refractivity contribution < 1.29 is 23.9 Å². The molecule has 3 atom stereocenters. The van der Waals surface area contributed by atoms with Gasteiger partial charge in [-0.15, -0.1) is 0 Å². The van der Waals surface area contributed by atoms with Gasteiger partial charge in [-0.2, -0.15) is 0 Å². The Bertz CT molecular complexity index is 1130. The first-order chi connectivity index (χ1) is 18.3. The van der Waals surface area contributed by atoms with Crippen LogP contribution < -0.4 is 16.4 Å². The van der Waals surface area contributed by atoms with Crippen LogP contribution in [0.15, 0.2) is 54.6 Å². The molecule has 0 saturated carbocycles. The summed E-state index contributed by atoms with van der Waals surface area (Å²) in [6.07, 6.45) is -0.410. The van der Waals surface area contributed by atoms with Crippen molar-refractivity contribution in [2.24, 2.45) is 5.73 Å². The molecule has 0 aliphatic carbocycles. The zero-order valence-electron chi connectivity index (χ0n) is 23.8. The van der Waals surface area contributed by atoms with Gasteiger partial charge in [0, 0.05) is 19.0 Å². The second-order valence-corrected chi connectivity index (χ2v) is 10.7. The third kappa shape index (κ3) is 10.1.